The van der Waals surface area contributed by atoms with E-state index in [-0.39, 0.29) is 17.3 Å². The van der Waals surface area contributed by atoms with Crippen molar-refractivity contribution in [1.29, 1.82) is 0 Å². The van der Waals surface area contributed by atoms with Crippen molar-refractivity contribution >= 4 is 22.6 Å². The van der Waals surface area contributed by atoms with Crippen LogP contribution in [0.4, 0.5) is 4.39 Å². The topological polar surface area (TPSA) is 12.0 Å². The van der Waals surface area contributed by atoms with E-state index in [9.17, 15) is 4.39 Å². The molecule has 0 amide bonds. The minimum absolute atomic E-state index is 0.0755. The van der Waals surface area contributed by atoms with Crippen molar-refractivity contribution in [2.75, 3.05) is 7.05 Å². The molecule has 112 valence electrons. The van der Waals surface area contributed by atoms with Crippen molar-refractivity contribution in [2.24, 2.45) is 0 Å². The molecule has 0 aliphatic carbocycles. The molecule has 2 aromatic carbocycles. The molecule has 1 unspecified atom stereocenters. The normalized spacial score (nSPS) is 13.2. The number of rotatable bonds is 3. The van der Waals surface area contributed by atoms with Crippen molar-refractivity contribution in [3.8, 4) is 0 Å². The Hall–Kier alpha value is -0.940. The number of benzene rings is 2. The lowest BCUT2D eigenvalue weighted by molar-refractivity contribution is 0.589. The molecule has 0 heterocycles. The van der Waals surface area contributed by atoms with Gasteiger partial charge in [0.1, 0.15) is 5.82 Å². The molecular weight excluding hydrogens is 376 g/mol. The van der Waals surface area contributed by atoms with Crippen LogP contribution in [0.2, 0.25) is 0 Å². The number of hydrogen-bond acceptors (Lipinski definition) is 1. The summed E-state index contributed by atoms with van der Waals surface area (Å²) in [6.07, 6.45) is 0. The Morgan fingerprint density at radius 2 is 1.67 bits per heavy atom. The fourth-order valence-corrected chi connectivity index (χ4v) is 3.20. The van der Waals surface area contributed by atoms with Gasteiger partial charge in [-0.05, 0) is 63.9 Å². The summed E-state index contributed by atoms with van der Waals surface area (Å²) in [5.41, 5.74) is 3.76. The lowest BCUT2D eigenvalue weighted by Gasteiger charge is -2.22. The van der Waals surface area contributed by atoms with Crippen LogP contribution in [-0.2, 0) is 5.41 Å². The second-order valence-electron chi connectivity index (χ2n) is 6.26. The first-order valence-electron chi connectivity index (χ1n) is 7.05. The SMILES string of the molecule is CNC(c1ccc(C(C)(C)C)cc1)c1ccc(F)cc1I. The maximum Gasteiger partial charge on any atom is 0.124 e. The molecule has 0 bridgehead atoms. The van der Waals surface area contributed by atoms with Crippen molar-refractivity contribution in [2.45, 2.75) is 32.2 Å². The van der Waals surface area contributed by atoms with Crippen molar-refractivity contribution in [1.82, 2.24) is 5.32 Å². The van der Waals surface area contributed by atoms with E-state index in [0.717, 1.165) is 9.13 Å². The highest BCUT2D eigenvalue weighted by Gasteiger charge is 2.17. The zero-order chi connectivity index (χ0) is 15.6. The zero-order valence-electron chi connectivity index (χ0n) is 12.9. The average molecular weight is 397 g/mol. The molecule has 3 heteroatoms. The summed E-state index contributed by atoms with van der Waals surface area (Å²) in [4.78, 5) is 0. The highest BCUT2D eigenvalue weighted by Crippen LogP contribution is 2.29. The maximum absolute atomic E-state index is 13.3. The van der Waals surface area contributed by atoms with Crippen LogP contribution in [0.1, 0.15) is 43.5 Å². The molecule has 1 N–H and O–H groups in total. The van der Waals surface area contributed by atoms with Gasteiger partial charge < -0.3 is 5.32 Å². The molecule has 1 atom stereocenters. The number of halogens is 2. The van der Waals surface area contributed by atoms with E-state index in [4.69, 9.17) is 0 Å². The highest BCUT2D eigenvalue weighted by atomic mass is 127. The Bertz CT molecular complexity index is 614. The van der Waals surface area contributed by atoms with Crippen LogP contribution in [0.5, 0.6) is 0 Å². The van der Waals surface area contributed by atoms with Crippen molar-refractivity contribution in [3.05, 3.63) is 68.5 Å². The van der Waals surface area contributed by atoms with Gasteiger partial charge in [-0.2, -0.15) is 0 Å². The van der Waals surface area contributed by atoms with Crippen LogP contribution in [-0.4, -0.2) is 7.05 Å². The Kier molecular flexibility index (Phi) is 5.04. The second kappa shape index (κ2) is 6.44. The summed E-state index contributed by atoms with van der Waals surface area (Å²) < 4.78 is 14.2. The molecule has 0 fully saturated rings. The van der Waals surface area contributed by atoms with Crippen molar-refractivity contribution < 1.29 is 4.39 Å². The predicted molar refractivity (Wildman–Crippen MR) is 95.2 cm³/mol. The standard InChI is InChI=1S/C18H21FIN/c1-18(2,3)13-7-5-12(6-8-13)17(21-4)15-10-9-14(19)11-16(15)20/h5-11,17,21H,1-4H3. The van der Waals surface area contributed by atoms with Gasteiger partial charge in [-0.1, -0.05) is 51.1 Å². The number of hydrogen-bond donors (Lipinski definition) is 1. The summed E-state index contributed by atoms with van der Waals surface area (Å²) >= 11 is 2.19. The Morgan fingerprint density at radius 3 is 2.14 bits per heavy atom. The van der Waals surface area contributed by atoms with Gasteiger partial charge >= 0.3 is 0 Å². The summed E-state index contributed by atoms with van der Waals surface area (Å²) in [5.74, 6) is -0.193. The zero-order valence-corrected chi connectivity index (χ0v) is 15.0. The smallest absolute Gasteiger partial charge is 0.124 e. The second-order valence-corrected chi connectivity index (χ2v) is 7.42. The molecule has 1 nitrogen and oxygen atoms in total. The van der Waals surface area contributed by atoms with Crippen LogP contribution < -0.4 is 5.32 Å². The lowest BCUT2D eigenvalue weighted by atomic mass is 9.86. The van der Waals surface area contributed by atoms with Gasteiger partial charge in [0.05, 0.1) is 6.04 Å². The van der Waals surface area contributed by atoms with Crippen LogP contribution >= 0.6 is 22.6 Å². The molecule has 0 aliphatic heterocycles. The highest BCUT2D eigenvalue weighted by molar-refractivity contribution is 14.1. The van der Waals surface area contributed by atoms with Crippen molar-refractivity contribution in [3.63, 3.8) is 0 Å². The van der Waals surface area contributed by atoms with E-state index in [2.05, 4.69) is 72.9 Å². The van der Waals surface area contributed by atoms with Gasteiger partial charge in [0, 0.05) is 3.57 Å². The molecule has 0 saturated carbocycles. The first kappa shape index (κ1) is 16.4. The number of nitrogens with one attached hydrogen (secondary N) is 1. The lowest BCUT2D eigenvalue weighted by Crippen LogP contribution is -2.19. The van der Waals surface area contributed by atoms with E-state index in [1.807, 2.05) is 13.1 Å². The summed E-state index contributed by atoms with van der Waals surface area (Å²) in [7, 11) is 1.93. The van der Waals surface area contributed by atoms with Gasteiger partial charge in [-0.3, -0.25) is 0 Å². The molecule has 0 spiro atoms. The minimum Gasteiger partial charge on any atom is -0.309 e. The summed E-state index contributed by atoms with van der Waals surface area (Å²) in [5, 5.41) is 3.33. The Balaban J connectivity index is 2.37. The fourth-order valence-electron chi connectivity index (χ4n) is 2.41. The Labute approximate surface area is 140 Å². The Morgan fingerprint density at radius 1 is 1.05 bits per heavy atom. The summed E-state index contributed by atoms with van der Waals surface area (Å²) in [6, 6.07) is 13.7. The molecular formula is C18H21FIN. The maximum atomic E-state index is 13.3. The van der Waals surface area contributed by atoms with E-state index in [0.29, 0.717) is 0 Å². The third kappa shape index (κ3) is 3.83. The van der Waals surface area contributed by atoms with E-state index in [1.54, 1.807) is 6.07 Å². The van der Waals surface area contributed by atoms with Gasteiger partial charge in [-0.25, -0.2) is 4.39 Å². The monoisotopic (exact) mass is 397 g/mol. The molecule has 0 saturated heterocycles. The largest absolute Gasteiger partial charge is 0.309 e. The van der Waals surface area contributed by atoms with Crippen LogP contribution in [0.25, 0.3) is 0 Å². The molecule has 0 radical (unpaired) electrons. The van der Waals surface area contributed by atoms with Crippen LogP contribution in [0.15, 0.2) is 42.5 Å². The molecule has 0 aromatic heterocycles. The van der Waals surface area contributed by atoms with Crippen LogP contribution in [0.3, 0.4) is 0 Å². The van der Waals surface area contributed by atoms with E-state index < -0.39 is 0 Å². The molecule has 0 aliphatic rings. The summed E-state index contributed by atoms with van der Waals surface area (Å²) in [6.45, 7) is 6.63. The van der Waals surface area contributed by atoms with E-state index in [1.165, 1.54) is 17.2 Å². The van der Waals surface area contributed by atoms with Gasteiger partial charge in [0.15, 0.2) is 0 Å². The third-order valence-electron chi connectivity index (χ3n) is 3.67. The molecule has 2 aromatic rings. The molecule has 2 rings (SSSR count). The first-order valence-corrected chi connectivity index (χ1v) is 8.13. The van der Waals surface area contributed by atoms with E-state index >= 15 is 0 Å². The minimum atomic E-state index is -0.193. The fraction of sp³-hybridized carbons (Fsp3) is 0.333. The predicted octanol–water partition coefficient (Wildman–Crippen LogP) is 5.04. The van der Waals surface area contributed by atoms with Gasteiger partial charge in [0.25, 0.3) is 0 Å². The quantitative estimate of drug-likeness (QED) is 0.716. The van der Waals surface area contributed by atoms with Gasteiger partial charge in [-0.15, -0.1) is 0 Å². The van der Waals surface area contributed by atoms with Crippen LogP contribution in [0, 0.1) is 9.39 Å². The first-order chi connectivity index (χ1) is 9.82. The third-order valence-corrected chi connectivity index (χ3v) is 4.61. The van der Waals surface area contributed by atoms with Gasteiger partial charge in [0.2, 0.25) is 0 Å². The average Bonchev–Trinajstić information content (AvgIpc) is 2.41. The molecule has 21 heavy (non-hydrogen) atoms.